The molecule has 0 bridgehead atoms. The van der Waals surface area contributed by atoms with Gasteiger partial charge in [-0.05, 0) is 24.1 Å². The van der Waals surface area contributed by atoms with Gasteiger partial charge in [0.05, 0.1) is 5.94 Å². The third-order valence-corrected chi connectivity index (χ3v) is 3.48. The van der Waals surface area contributed by atoms with Gasteiger partial charge in [0.25, 0.3) is 0 Å². The van der Waals surface area contributed by atoms with Crippen molar-refractivity contribution in [2.24, 2.45) is 0 Å². The van der Waals surface area contributed by atoms with Gasteiger partial charge in [0, 0.05) is 25.4 Å². The van der Waals surface area contributed by atoms with Crippen LogP contribution in [0.15, 0.2) is 42.7 Å². The van der Waals surface area contributed by atoms with Crippen LogP contribution in [0.1, 0.15) is 12.0 Å². The van der Waals surface area contributed by atoms with Gasteiger partial charge in [0.15, 0.2) is 0 Å². The highest BCUT2D eigenvalue weighted by molar-refractivity contribution is 6.46. The van der Waals surface area contributed by atoms with Gasteiger partial charge >= 0.3 is 7.12 Å². The van der Waals surface area contributed by atoms with E-state index in [1.807, 2.05) is 36.5 Å². The number of nitrogens with zero attached hydrogens (tertiary/aromatic N) is 2. The van der Waals surface area contributed by atoms with Gasteiger partial charge in [-0.25, -0.2) is 0 Å². The van der Waals surface area contributed by atoms with Crippen LogP contribution in [0.25, 0.3) is 0 Å². The van der Waals surface area contributed by atoms with Gasteiger partial charge in [-0.1, -0.05) is 18.2 Å². The van der Waals surface area contributed by atoms with E-state index < -0.39 is 13.1 Å². The summed E-state index contributed by atoms with van der Waals surface area (Å²) in [6.07, 6.45) is 4.35. The molecule has 21 heavy (non-hydrogen) atoms. The maximum Gasteiger partial charge on any atom is 0.547 e. The minimum Gasteiger partial charge on any atom is -0.535 e. The number of nitrogens with one attached hydrogen (secondary N) is 1. The first kappa shape index (κ1) is 13.7. The number of amides is 1. The molecule has 6 nitrogen and oxygen atoms in total. The lowest BCUT2D eigenvalue weighted by Gasteiger charge is -2.27. The molecule has 1 atom stereocenters. The van der Waals surface area contributed by atoms with E-state index in [1.54, 1.807) is 10.9 Å². The Morgan fingerprint density at radius 1 is 1.48 bits per heavy atom. The van der Waals surface area contributed by atoms with E-state index in [9.17, 15) is 9.82 Å². The zero-order valence-corrected chi connectivity index (χ0v) is 11.5. The molecule has 0 fully saturated rings. The number of hydrogen-bond donors (Lipinski definition) is 2. The van der Waals surface area contributed by atoms with Gasteiger partial charge in [-0.2, -0.15) is 5.10 Å². The molecule has 1 aromatic heterocycles. The third kappa shape index (κ3) is 3.25. The maximum atomic E-state index is 11.9. The topological polar surface area (TPSA) is 76.4 Å². The van der Waals surface area contributed by atoms with E-state index in [0.29, 0.717) is 25.1 Å². The molecule has 1 aliphatic rings. The first-order valence-corrected chi connectivity index (χ1v) is 6.92. The number of hydrogen-bond acceptors (Lipinski definition) is 4. The number of para-hydroxylation sites is 1. The lowest BCUT2D eigenvalue weighted by atomic mass is 9.72. The van der Waals surface area contributed by atoms with Gasteiger partial charge < -0.3 is 15.0 Å². The van der Waals surface area contributed by atoms with Crippen molar-refractivity contribution >= 4 is 13.0 Å². The molecule has 3 rings (SSSR count). The van der Waals surface area contributed by atoms with E-state index in [0.717, 1.165) is 5.56 Å². The number of carbonyl (C=O) groups is 1. The Balaban J connectivity index is 1.56. The van der Waals surface area contributed by atoms with Crippen molar-refractivity contribution < 1.29 is 14.5 Å². The molecule has 1 aromatic carbocycles. The molecule has 1 aliphatic heterocycles. The second-order valence-electron chi connectivity index (χ2n) is 5.01. The molecule has 0 unspecified atom stereocenters. The van der Waals surface area contributed by atoms with Crippen LogP contribution >= 0.6 is 0 Å². The summed E-state index contributed by atoms with van der Waals surface area (Å²) in [5, 5.41) is 16.8. The van der Waals surface area contributed by atoms with Gasteiger partial charge in [0.1, 0.15) is 5.75 Å². The van der Waals surface area contributed by atoms with Crippen LogP contribution in [-0.4, -0.2) is 33.8 Å². The predicted molar refractivity (Wildman–Crippen MR) is 77.5 cm³/mol. The highest BCUT2D eigenvalue weighted by atomic mass is 16.5. The van der Waals surface area contributed by atoms with Crippen LogP contribution in [0.5, 0.6) is 5.75 Å². The number of benzene rings is 1. The van der Waals surface area contributed by atoms with Gasteiger partial charge in [-0.15, -0.1) is 0 Å². The first-order valence-electron chi connectivity index (χ1n) is 6.92. The molecule has 108 valence electrons. The number of aryl methyl sites for hydroxylation is 1. The smallest absolute Gasteiger partial charge is 0.535 e. The fraction of sp³-hybridized carbons (Fsp3) is 0.286. The Hall–Kier alpha value is -2.28. The van der Waals surface area contributed by atoms with E-state index in [2.05, 4.69) is 10.4 Å². The Morgan fingerprint density at radius 3 is 3.14 bits per heavy atom. The monoisotopic (exact) mass is 285 g/mol. The average molecular weight is 285 g/mol. The summed E-state index contributed by atoms with van der Waals surface area (Å²) in [7, 11) is -1.02. The molecule has 0 radical (unpaired) electrons. The molecule has 2 N–H and O–H groups in total. The van der Waals surface area contributed by atoms with Crippen LogP contribution in [-0.2, 0) is 17.8 Å². The summed E-state index contributed by atoms with van der Waals surface area (Å²) in [6, 6.07) is 9.33. The Morgan fingerprint density at radius 2 is 2.33 bits per heavy atom. The summed E-state index contributed by atoms with van der Waals surface area (Å²) in [5.41, 5.74) is 0.986. The number of aromatic nitrogens is 2. The third-order valence-electron chi connectivity index (χ3n) is 3.48. The van der Waals surface area contributed by atoms with Crippen molar-refractivity contribution in [2.75, 3.05) is 0 Å². The molecule has 0 saturated carbocycles. The summed E-state index contributed by atoms with van der Waals surface area (Å²) in [6.45, 7) is 0.513. The zero-order valence-electron chi connectivity index (χ0n) is 11.5. The van der Waals surface area contributed by atoms with Crippen LogP contribution in [0.3, 0.4) is 0 Å². The van der Waals surface area contributed by atoms with Crippen molar-refractivity contribution in [1.82, 2.24) is 15.1 Å². The molecule has 2 heterocycles. The lowest BCUT2D eigenvalue weighted by Crippen LogP contribution is -2.53. The van der Waals surface area contributed by atoms with Crippen LogP contribution in [0.2, 0.25) is 0 Å². The quantitative estimate of drug-likeness (QED) is 0.798. The van der Waals surface area contributed by atoms with Gasteiger partial charge in [-0.3, -0.25) is 9.48 Å². The van der Waals surface area contributed by atoms with E-state index >= 15 is 0 Å². The molecule has 0 spiro atoms. The molecule has 0 saturated heterocycles. The van der Waals surface area contributed by atoms with Crippen molar-refractivity contribution in [3.63, 3.8) is 0 Å². The Kier molecular flexibility index (Phi) is 3.92. The van der Waals surface area contributed by atoms with Crippen molar-refractivity contribution in [3.8, 4) is 5.75 Å². The average Bonchev–Trinajstić information content (AvgIpc) is 2.99. The number of fused-ring (bicyclic) bond motifs is 1. The minimum absolute atomic E-state index is 0.127. The summed E-state index contributed by atoms with van der Waals surface area (Å²) in [4.78, 5) is 11.9. The fourth-order valence-corrected chi connectivity index (χ4v) is 2.39. The summed E-state index contributed by atoms with van der Waals surface area (Å²) in [5.74, 6) is 0.120. The lowest BCUT2D eigenvalue weighted by molar-refractivity contribution is -0.121. The largest absolute Gasteiger partial charge is 0.547 e. The van der Waals surface area contributed by atoms with E-state index in [-0.39, 0.29) is 5.91 Å². The molecule has 1 amide bonds. The van der Waals surface area contributed by atoms with E-state index in [4.69, 9.17) is 4.65 Å². The Labute approximate surface area is 122 Å². The minimum atomic E-state index is -1.02. The second-order valence-corrected chi connectivity index (χ2v) is 5.01. The van der Waals surface area contributed by atoms with E-state index in [1.165, 1.54) is 0 Å². The predicted octanol–water partition coefficient (Wildman–Crippen LogP) is 0.413. The Bertz CT molecular complexity index is 618. The highest BCUT2D eigenvalue weighted by Crippen LogP contribution is 2.25. The van der Waals surface area contributed by atoms with Crippen LogP contribution in [0.4, 0.5) is 0 Å². The molecule has 7 heteroatoms. The number of carbonyl (C=O) groups excluding carboxylic acids is 1. The molecular weight excluding hydrogens is 269 g/mol. The fourth-order valence-electron chi connectivity index (χ4n) is 2.39. The van der Waals surface area contributed by atoms with Gasteiger partial charge in [0.2, 0.25) is 5.91 Å². The van der Waals surface area contributed by atoms with Crippen LogP contribution in [0, 0.1) is 0 Å². The molecule has 2 aromatic rings. The highest BCUT2D eigenvalue weighted by Gasteiger charge is 2.35. The summed E-state index contributed by atoms with van der Waals surface area (Å²) >= 11 is 0. The van der Waals surface area contributed by atoms with Crippen molar-refractivity contribution in [1.29, 1.82) is 0 Å². The normalized spacial score (nSPS) is 17.0. The SMILES string of the molecule is O=C(CCn1cccn1)N[C@H]1Cc2ccccc2OB1O. The van der Waals surface area contributed by atoms with Crippen molar-refractivity contribution in [2.45, 2.75) is 25.3 Å². The second kappa shape index (κ2) is 6.01. The maximum absolute atomic E-state index is 11.9. The van der Waals surface area contributed by atoms with Crippen LogP contribution < -0.4 is 9.97 Å². The van der Waals surface area contributed by atoms with Crippen molar-refractivity contribution in [3.05, 3.63) is 48.3 Å². The standard InChI is InChI=1S/C14H16BN3O3/c19-14(6-9-18-8-3-7-16-18)17-13-10-11-4-1-2-5-12(11)21-15(13)20/h1-5,7-8,13,20H,6,9-10H2,(H,17,19)/t13-/m0/s1. The molecular formula is C14H16BN3O3. The number of rotatable bonds is 4. The first-order chi connectivity index (χ1) is 10.2. The zero-order chi connectivity index (χ0) is 14.7. The summed E-state index contributed by atoms with van der Waals surface area (Å²) < 4.78 is 7.12. The molecule has 0 aliphatic carbocycles.